The van der Waals surface area contributed by atoms with Crippen LogP contribution in [-0.2, 0) is 32.7 Å². The number of rotatable bonds is 42. The summed E-state index contributed by atoms with van der Waals surface area (Å²) in [4.78, 5) is 34.9. The SMILES string of the molecule is CCCCC/C=C\C[C@@H](O)/C=C/C=C\C/C=C\CCCC(=O)OC[C@H](COP(=O)(O)OCCN)OC(=O)CCCCCCCCCCC/C=C\CCCCCCCC. The van der Waals surface area contributed by atoms with E-state index in [1.54, 1.807) is 6.08 Å². The quantitative estimate of drug-likeness (QED) is 0.0178. The van der Waals surface area contributed by atoms with Crippen LogP contribution in [0.5, 0.6) is 0 Å². The first-order chi connectivity index (χ1) is 28.2. The highest BCUT2D eigenvalue weighted by molar-refractivity contribution is 7.47. The minimum Gasteiger partial charge on any atom is -0.462 e. The number of esters is 2. The van der Waals surface area contributed by atoms with Crippen LogP contribution in [0.25, 0.3) is 0 Å². The molecule has 0 saturated carbocycles. The van der Waals surface area contributed by atoms with Crippen LogP contribution < -0.4 is 5.73 Å². The van der Waals surface area contributed by atoms with Crippen molar-refractivity contribution in [1.82, 2.24) is 0 Å². The van der Waals surface area contributed by atoms with E-state index in [0.29, 0.717) is 25.7 Å². The van der Waals surface area contributed by atoms with Gasteiger partial charge in [-0.05, 0) is 70.6 Å². The predicted octanol–water partition coefficient (Wildman–Crippen LogP) is 12.2. The molecule has 1 unspecified atom stereocenters. The Kier molecular flexibility index (Phi) is 41.1. The summed E-state index contributed by atoms with van der Waals surface area (Å²) in [5.74, 6) is -0.937. The van der Waals surface area contributed by atoms with Crippen LogP contribution in [0.2, 0.25) is 0 Å². The molecule has 0 aromatic rings. The molecule has 0 spiro atoms. The topological polar surface area (TPSA) is 155 Å². The fraction of sp³-hybridized carbons (Fsp3) is 0.745. The molecule has 336 valence electrons. The van der Waals surface area contributed by atoms with E-state index in [1.165, 1.54) is 103 Å². The maximum absolute atomic E-state index is 12.6. The molecule has 0 aliphatic carbocycles. The van der Waals surface area contributed by atoms with Crippen LogP contribution in [-0.4, -0.2) is 60.5 Å². The Bertz CT molecular complexity index is 1150. The summed E-state index contributed by atoms with van der Waals surface area (Å²) in [6, 6.07) is 0. The van der Waals surface area contributed by atoms with Crippen LogP contribution in [0.3, 0.4) is 0 Å². The molecular formula is C47H84NO9P. The van der Waals surface area contributed by atoms with Gasteiger partial charge in [-0.3, -0.25) is 18.6 Å². The van der Waals surface area contributed by atoms with Gasteiger partial charge in [0, 0.05) is 19.4 Å². The normalized spacial score (nSPS) is 14.4. The Balaban J connectivity index is 4.27. The Morgan fingerprint density at radius 2 is 1.12 bits per heavy atom. The Morgan fingerprint density at radius 3 is 1.76 bits per heavy atom. The van der Waals surface area contributed by atoms with Gasteiger partial charge in [0.05, 0.1) is 19.3 Å². The second-order valence-electron chi connectivity index (χ2n) is 15.1. The summed E-state index contributed by atoms with van der Waals surface area (Å²) in [7, 11) is -4.41. The molecule has 0 aromatic heterocycles. The molecule has 0 bridgehead atoms. The molecule has 0 aliphatic rings. The number of hydrogen-bond acceptors (Lipinski definition) is 9. The molecule has 58 heavy (non-hydrogen) atoms. The third-order valence-corrected chi connectivity index (χ3v) is 10.4. The molecule has 0 saturated heterocycles. The van der Waals surface area contributed by atoms with Crippen molar-refractivity contribution in [3.05, 3.63) is 60.8 Å². The number of phosphoric acid groups is 1. The Morgan fingerprint density at radius 1 is 0.603 bits per heavy atom. The monoisotopic (exact) mass is 838 g/mol. The first-order valence-electron chi connectivity index (χ1n) is 22.9. The summed E-state index contributed by atoms with van der Waals surface area (Å²) >= 11 is 0. The highest BCUT2D eigenvalue weighted by Gasteiger charge is 2.26. The van der Waals surface area contributed by atoms with E-state index >= 15 is 0 Å². The van der Waals surface area contributed by atoms with Gasteiger partial charge >= 0.3 is 19.8 Å². The third-order valence-electron chi connectivity index (χ3n) is 9.46. The lowest BCUT2D eigenvalue weighted by Crippen LogP contribution is -2.29. The van der Waals surface area contributed by atoms with E-state index < -0.39 is 38.6 Å². The van der Waals surface area contributed by atoms with E-state index in [9.17, 15) is 24.2 Å². The van der Waals surface area contributed by atoms with Gasteiger partial charge in [-0.2, -0.15) is 0 Å². The number of carbonyl (C=O) groups excluding carboxylic acids is 2. The molecule has 0 rings (SSSR count). The molecule has 0 amide bonds. The zero-order chi connectivity index (χ0) is 42.6. The van der Waals surface area contributed by atoms with Crippen LogP contribution >= 0.6 is 7.82 Å². The smallest absolute Gasteiger partial charge is 0.462 e. The van der Waals surface area contributed by atoms with E-state index in [2.05, 4.69) is 32.1 Å². The van der Waals surface area contributed by atoms with Crippen molar-refractivity contribution in [2.75, 3.05) is 26.4 Å². The second kappa shape index (κ2) is 42.8. The molecule has 0 heterocycles. The van der Waals surface area contributed by atoms with E-state index in [0.717, 1.165) is 32.1 Å². The first-order valence-corrected chi connectivity index (χ1v) is 24.4. The van der Waals surface area contributed by atoms with Crippen molar-refractivity contribution >= 4 is 19.8 Å². The number of nitrogens with two attached hydrogens (primary N) is 1. The van der Waals surface area contributed by atoms with Gasteiger partial charge in [-0.1, -0.05) is 164 Å². The minimum atomic E-state index is -4.41. The lowest BCUT2D eigenvalue weighted by molar-refractivity contribution is -0.161. The van der Waals surface area contributed by atoms with Crippen molar-refractivity contribution in [2.45, 2.75) is 199 Å². The van der Waals surface area contributed by atoms with Gasteiger partial charge in [0.15, 0.2) is 6.10 Å². The molecule has 0 fully saturated rings. The number of phosphoric ester groups is 1. The van der Waals surface area contributed by atoms with Crippen LogP contribution in [0.4, 0.5) is 0 Å². The van der Waals surface area contributed by atoms with Gasteiger partial charge in [-0.25, -0.2) is 4.57 Å². The van der Waals surface area contributed by atoms with Gasteiger partial charge < -0.3 is 25.2 Å². The number of hydrogen-bond donors (Lipinski definition) is 3. The average Bonchev–Trinajstić information content (AvgIpc) is 3.21. The summed E-state index contributed by atoms with van der Waals surface area (Å²) < 4.78 is 32.7. The zero-order valence-electron chi connectivity index (χ0n) is 36.6. The standard InChI is InChI=1S/C47H84NO9P/c1-3-5-7-9-11-12-13-14-15-16-17-18-19-20-21-22-27-31-35-39-47(51)57-45(43-56-58(52,53)55-41-40-48)42-54-46(50)38-34-30-26-24-23-25-29-33-37-44(49)36-32-28-10-8-6-4-2/h14-15,24-26,28-29,32-33,37,44-45,49H,3-13,16-23,27,30-31,34-36,38-43,48H2,1-2H3,(H,52,53)/b15-14-,26-24-,29-25-,32-28-,37-33+/t44-,45-/m1/s1. The zero-order valence-corrected chi connectivity index (χ0v) is 37.5. The third kappa shape index (κ3) is 41.8. The molecule has 11 heteroatoms. The van der Waals surface area contributed by atoms with Crippen molar-refractivity contribution < 1.29 is 42.7 Å². The minimum absolute atomic E-state index is 0.0347. The number of allylic oxidation sites excluding steroid dienone is 8. The van der Waals surface area contributed by atoms with Crippen LogP contribution in [0.1, 0.15) is 187 Å². The fourth-order valence-electron chi connectivity index (χ4n) is 6.00. The maximum Gasteiger partial charge on any atom is 0.472 e. The van der Waals surface area contributed by atoms with Gasteiger partial charge in [0.25, 0.3) is 0 Å². The van der Waals surface area contributed by atoms with Gasteiger partial charge in [0.1, 0.15) is 6.61 Å². The van der Waals surface area contributed by atoms with E-state index in [1.807, 2.05) is 36.5 Å². The number of aliphatic hydroxyl groups is 1. The Hall–Kier alpha value is -2.33. The molecule has 3 atom stereocenters. The highest BCUT2D eigenvalue weighted by atomic mass is 31.2. The lowest BCUT2D eigenvalue weighted by atomic mass is 10.1. The molecule has 0 aliphatic heterocycles. The summed E-state index contributed by atoms with van der Waals surface area (Å²) in [6.45, 7) is 3.54. The summed E-state index contributed by atoms with van der Waals surface area (Å²) in [5.41, 5.74) is 5.34. The maximum atomic E-state index is 12.6. The largest absolute Gasteiger partial charge is 0.472 e. The number of carbonyl (C=O) groups is 2. The van der Waals surface area contributed by atoms with Crippen LogP contribution in [0, 0.1) is 0 Å². The Labute approximate surface area is 353 Å². The van der Waals surface area contributed by atoms with Crippen molar-refractivity contribution in [3.8, 4) is 0 Å². The molecule has 4 N–H and O–H groups in total. The first kappa shape index (κ1) is 55.7. The summed E-state index contributed by atoms with van der Waals surface area (Å²) in [6.07, 6.45) is 47.1. The number of aliphatic hydroxyl groups excluding tert-OH is 1. The fourth-order valence-corrected chi connectivity index (χ4v) is 6.76. The van der Waals surface area contributed by atoms with Crippen LogP contribution in [0.15, 0.2) is 60.8 Å². The number of unbranched alkanes of at least 4 members (excludes halogenated alkanes) is 19. The van der Waals surface area contributed by atoms with E-state index in [-0.39, 0.29) is 32.6 Å². The van der Waals surface area contributed by atoms with Gasteiger partial charge in [0.2, 0.25) is 0 Å². The molecule has 10 nitrogen and oxygen atoms in total. The second-order valence-corrected chi connectivity index (χ2v) is 16.6. The molecule has 0 radical (unpaired) electrons. The van der Waals surface area contributed by atoms with Crippen molar-refractivity contribution in [2.24, 2.45) is 5.73 Å². The predicted molar refractivity (Wildman–Crippen MR) is 239 cm³/mol. The average molecular weight is 838 g/mol. The molecule has 0 aromatic carbocycles. The summed E-state index contributed by atoms with van der Waals surface area (Å²) in [5, 5.41) is 10.0. The van der Waals surface area contributed by atoms with Crippen molar-refractivity contribution in [3.63, 3.8) is 0 Å². The van der Waals surface area contributed by atoms with E-state index in [4.69, 9.17) is 24.3 Å². The van der Waals surface area contributed by atoms with Crippen molar-refractivity contribution in [1.29, 1.82) is 0 Å². The number of ether oxygens (including phenoxy) is 2. The molecular weight excluding hydrogens is 753 g/mol. The lowest BCUT2D eigenvalue weighted by Gasteiger charge is -2.19. The highest BCUT2D eigenvalue weighted by Crippen LogP contribution is 2.43. The van der Waals surface area contributed by atoms with Gasteiger partial charge in [-0.15, -0.1) is 0 Å².